The summed E-state index contributed by atoms with van der Waals surface area (Å²) in [4.78, 5) is 26.8. The molecule has 0 fully saturated rings. The number of nitrogens with one attached hydrogen (secondary N) is 2. The van der Waals surface area contributed by atoms with Gasteiger partial charge in [0.25, 0.3) is 5.91 Å². The number of anilines is 2. The van der Waals surface area contributed by atoms with Crippen molar-refractivity contribution >= 4 is 23.2 Å². The van der Waals surface area contributed by atoms with Gasteiger partial charge in [-0.3, -0.25) is 9.59 Å². The van der Waals surface area contributed by atoms with Crippen molar-refractivity contribution in [3.05, 3.63) is 54.1 Å². The Morgan fingerprint density at radius 2 is 1.62 bits per heavy atom. The van der Waals surface area contributed by atoms with E-state index >= 15 is 0 Å². The fourth-order valence-electron chi connectivity index (χ4n) is 3.18. The van der Waals surface area contributed by atoms with Crippen molar-refractivity contribution in [3.63, 3.8) is 0 Å². The number of hydrogen-bond acceptors (Lipinski definition) is 5. The highest BCUT2D eigenvalue weighted by Crippen LogP contribution is 2.17. The van der Waals surface area contributed by atoms with Crippen LogP contribution in [0.2, 0.25) is 0 Å². The van der Waals surface area contributed by atoms with Crippen molar-refractivity contribution < 1.29 is 19.1 Å². The smallest absolute Gasteiger partial charge is 0.253 e. The SMILES string of the molecule is CCCN(CCC)C(=O)c1ccc(NCC(=O)Nc2cccc(OCCOCC)c2)cc1. The Morgan fingerprint density at radius 3 is 2.28 bits per heavy atom. The summed E-state index contributed by atoms with van der Waals surface area (Å²) in [5.74, 6) is 0.547. The molecule has 2 N–H and O–H groups in total. The lowest BCUT2D eigenvalue weighted by molar-refractivity contribution is -0.114. The Balaban J connectivity index is 1.83. The molecule has 0 radical (unpaired) electrons. The van der Waals surface area contributed by atoms with E-state index in [-0.39, 0.29) is 18.4 Å². The van der Waals surface area contributed by atoms with Gasteiger partial charge in [-0.1, -0.05) is 19.9 Å². The Kier molecular flexibility index (Phi) is 11.1. The van der Waals surface area contributed by atoms with E-state index in [1.165, 1.54) is 0 Å². The summed E-state index contributed by atoms with van der Waals surface area (Å²) in [5, 5.41) is 5.94. The summed E-state index contributed by atoms with van der Waals surface area (Å²) in [5.41, 5.74) is 2.10. The van der Waals surface area contributed by atoms with Gasteiger partial charge in [-0.05, 0) is 56.2 Å². The van der Waals surface area contributed by atoms with Gasteiger partial charge in [0.1, 0.15) is 12.4 Å². The Labute approximate surface area is 191 Å². The van der Waals surface area contributed by atoms with Crippen molar-refractivity contribution in [2.75, 3.05) is 50.1 Å². The Hall–Kier alpha value is -3.06. The van der Waals surface area contributed by atoms with Crippen LogP contribution < -0.4 is 15.4 Å². The molecule has 0 aliphatic rings. The first-order valence-electron chi connectivity index (χ1n) is 11.3. The van der Waals surface area contributed by atoms with Gasteiger partial charge in [-0.2, -0.15) is 0 Å². The minimum absolute atomic E-state index is 0.0429. The zero-order chi connectivity index (χ0) is 23.2. The van der Waals surface area contributed by atoms with Crippen LogP contribution in [-0.2, 0) is 9.53 Å². The maximum Gasteiger partial charge on any atom is 0.253 e. The molecule has 7 nitrogen and oxygen atoms in total. The lowest BCUT2D eigenvalue weighted by Gasteiger charge is -2.21. The molecular weight excluding hydrogens is 406 g/mol. The molecule has 2 amide bonds. The van der Waals surface area contributed by atoms with Crippen LogP contribution in [-0.4, -0.2) is 56.2 Å². The Morgan fingerprint density at radius 1 is 0.906 bits per heavy atom. The van der Waals surface area contributed by atoms with Gasteiger partial charge >= 0.3 is 0 Å². The molecular formula is C25H35N3O4. The summed E-state index contributed by atoms with van der Waals surface area (Å²) >= 11 is 0. The van der Waals surface area contributed by atoms with E-state index in [4.69, 9.17) is 9.47 Å². The zero-order valence-electron chi connectivity index (χ0n) is 19.4. The third kappa shape index (κ3) is 8.59. The number of nitrogens with zero attached hydrogens (tertiary/aromatic N) is 1. The molecule has 7 heteroatoms. The molecule has 2 aromatic rings. The number of benzene rings is 2. The highest BCUT2D eigenvalue weighted by Gasteiger charge is 2.14. The molecule has 0 aliphatic carbocycles. The number of rotatable bonds is 14. The molecule has 0 unspecified atom stereocenters. The lowest BCUT2D eigenvalue weighted by Crippen LogP contribution is -2.32. The molecule has 0 spiro atoms. The molecule has 0 saturated heterocycles. The van der Waals surface area contributed by atoms with Crippen LogP contribution in [0.15, 0.2) is 48.5 Å². The summed E-state index contributed by atoms with van der Waals surface area (Å²) in [6, 6.07) is 14.5. The molecule has 0 atom stereocenters. The number of ether oxygens (including phenoxy) is 2. The third-order valence-corrected chi connectivity index (χ3v) is 4.68. The highest BCUT2D eigenvalue weighted by atomic mass is 16.5. The quantitative estimate of drug-likeness (QED) is 0.425. The van der Waals surface area contributed by atoms with E-state index in [0.29, 0.717) is 36.8 Å². The van der Waals surface area contributed by atoms with Gasteiger partial charge in [0.05, 0.1) is 13.2 Å². The van der Waals surface area contributed by atoms with E-state index in [2.05, 4.69) is 24.5 Å². The maximum absolute atomic E-state index is 12.7. The van der Waals surface area contributed by atoms with Crippen LogP contribution >= 0.6 is 0 Å². The maximum atomic E-state index is 12.7. The molecule has 0 aliphatic heterocycles. The normalized spacial score (nSPS) is 10.5. The minimum atomic E-state index is -0.173. The minimum Gasteiger partial charge on any atom is -0.491 e. The van der Waals surface area contributed by atoms with Crippen molar-refractivity contribution in [3.8, 4) is 5.75 Å². The number of carbonyl (C=O) groups is 2. The molecule has 2 aromatic carbocycles. The van der Waals surface area contributed by atoms with Gasteiger partial charge < -0.3 is 25.0 Å². The molecule has 32 heavy (non-hydrogen) atoms. The van der Waals surface area contributed by atoms with E-state index in [9.17, 15) is 9.59 Å². The standard InChI is InChI=1S/C25H35N3O4/c1-4-14-28(15-5-2)25(30)20-10-12-21(13-11-20)26-19-24(29)27-22-8-7-9-23(18-22)32-17-16-31-6-3/h7-13,18,26H,4-6,14-17,19H2,1-3H3,(H,27,29). The number of carbonyl (C=O) groups excluding carboxylic acids is 2. The summed E-state index contributed by atoms with van der Waals surface area (Å²) in [6.45, 7) is 9.34. The topological polar surface area (TPSA) is 79.9 Å². The van der Waals surface area contributed by atoms with E-state index in [0.717, 1.165) is 31.6 Å². The Bertz CT molecular complexity index is 833. The van der Waals surface area contributed by atoms with Crippen molar-refractivity contribution in [2.24, 2.45) is 0 Å². The van der Waals surface area contributed by atoms with Gasteiger partial charge in [-0.25, -0.2) is 0 Å². The largest absolute Gasteiger partial charge is 0.491 e. The summed E-state index contributed by atoms with van der Waals surface area (Å²) in [6.07, 6.45) is 1.87. The van der Waals surface area contributed by atoms with Gasteiger partial charge in [0.2, 0.25) is 5.91 Å². The second-order valence-corrected chi connectivity index (χ2v) is 7.34. The summed E-state index contributed by atoms with van der Waals surface area (Å²) < 4.78 is 10.9. The second-order valence-electron chi connectivity index (χ2n) is 7.34. The molecule has 174 valence electrons. The molecule has 2 rings (SSSR count). The van der Waals surface area contributed by atoms with Gasteiger partial charge in [0.15, 0.2) is 0 Å². The van der Waals surface area contributed by atoms with Gasteiger partial charge in [0, 0.05) is 42.7 Å². The van der Waals surface area contributed by atoms with Crippen LogP contribution in [0, 0.1) is 0 Å². The molecule has 0 saturated carbocycles. The highest BCUT2D eigenvalue weighted by molar-refractivity contribution is 5.95. The third-order valence-electron chi connectivity index (χ3n) is 4.68. The number of hydrogen-bond donors (Lipinski definition) is 2. The first kappa shape index (κ1) is 25.2. The van der Waals surface area contributed by atoms with Crippen LogP contribution in [0.25, 0.3) is 0 Å². The second kappa shape index (κ2) is 14.1. The zero-order valence-corrected chi connectivity index (χ0v) is 19.4. The lowest BCUT2D eigenvalue weighted by atomic mass is 10.1. The predicted octanol–water partition coefficient (Wildman–Crippen LogP) is 4.41. The van der Waals surface area contributed by atoms with Gasteiger partial charge in [-0.15, -0.1) is 0 Å². The molecule has 0 heterocycles. The van der Waals surface area contributed by atoms with E-state index < -0.39 is 0 Å². The number of amides is 2. The van der Waals surface area contributed by atoms with E-state index in [1.807, 2.05) is 42.2 Å². The van der Waals surface area contributed by atoms with Crippen LogP contribution in [0.3, 0.4) is 0 Å². The summed E-state index contributed by atoms with van der Waals surface area (Å²) in [7, 11) is 0. The molecule has 0 bridgehead atoms. The van der Waals surface area contributed by atoms with E-state index in [1.54, 1.807) is 18.2 Å². The van der Waals surface area contributed by atoms with Crippen molar-refractivity contribution in [1.29, 1.82) is 0 Å². The average molecular weight is 442 g/mol. The fourth-order valence-corrected chi connectivity index (χ4v) is 3.18. The van der Waals surface area contributed by atoms with Crippen LogP contribution in [0.5, 0.6) is 5.75 Å². The van der Waals surface area contributed by atoms with Crippen LogP contribution in [0.4, 0.5) is 11.4 Å². The van der Waals surface area contributed by atoms with Crippen molar-refractivity contribution in [2.45, 2.75) is 33.6 Å². The predicted molar refractivity (Wildman–Crippen MR) is 128 cm³/mol. The first-order chi connectivity index (χ1) is 15.6. The first-order valence-corrected chi connectivity index (χ1v) is 11.3. The monoisotopic (exact) mass is 441 g/mol. The van der Waals surface area contributed by atoms with Crippen LogP contribution in [0.1, 0.15) is 44.0 Å². The fraction of sp³-hybridized carbons (Fsp3) is 0.440. The average Bonchev–Trinajstić information content (AvgIpc) is 2.80. The van der Waals surface area contributed by atoms with Crippen molar-refractivity contribution in [1.82, 2.24) is 4.90 Å². The molecule has 0 aromatic heterocycles.